The number of amides is 1. The molecule has 1 amide bonds. The average molecular weight is 456 g/mol. The number of carbonyl (C=O) groups excluding carboxylic acids is 1. The Morgan fingerprint density at radius 1 is 1.20 bits per heavy atom. The predicted octanol–water partition coefficient (Wildman–Crippen LogP) is 2.50. The molecule has 2 aliphatic rings. The van der Waals surface area contributed by atoms with Crippen LogP contribution < -0.4 is 9.44 Å². The number of hydrogen-bond donors (Lipinski definition) is 2. The van der Waals surface area contributed by atoms with Crippen LogP contribution in [0, 0.1) is 11.8 Å². The minimum absolute atomic E-state index is 0.0383. The molecule has 1 saturated heterocycles. The molecule has 2 fully saturated rings. The van der Waals surface area contributed by atoms with Gasteiger partial charge in [-0.15, -0.1) is 0 Å². The molecule has 0 bridgehead atoms. The fourth-order valence-corrected chi connectivity index (χ4v) is 5.19. The molecule has 1 aliphatic heterocycles. The normalized spacial score (nSPS) is 30.3. The Hall–Kier alpha value is -1.04. The lowest BCUT2D eigenvalue weighted by molar-refractivity contribution is -0.0225. The molecule has 0 aromatic heterocycles. The number of rotatable bonds is 9. The van der Waals surface area contributed by atoms with E-state index in [-0.39, 0.29) is 18.8 Å². The third kappa shape index (κ3) is 7.00. The zero-order valence-electron chi connectivity index (χ0n) is 18.1. The number of ether oxygens (including phenoxy) is 2. The minimum atomic E-state index is -3.75. The standard InChI is InChI=1S/C19H35F2N3O5S/c1-12(2)14-5-7-15(8-6-14)28-10-17-16(23-30(26,27)22-4)9-13(3)24(17)19(25)29-11-18(20)21/h12-18,22-23H,5-11H2,1-4H3/t13-,14?,15?,16+,17+/m1/s1. The first-order chi connectivity index (χ1) is 14.0. The number of halogens is 2. The van der Waals surface area contributed by atoms with Crippen molar-refractivity contribution in [1.29, 1.82) is 0 Å². The molecule has 1 saturated carbocycles. The maximum atomic E-state index is 12.5. The van der Waals surface area contributed by atoms with Crippen molar-refractivity contribution in [1.82, 2.24) is 14.3 Å². The first-order valence-electron chi connectivity index (χ1n) is 10.6. The summed E-state index contributed by atoms with van der Waals surface area (Å²) in [6.07, 6.45) is 0.679. The lowest BCUT2D eigenvalue weighted by atomic mass is 9.80. The minimum Gasteiger partial charge on any atom is -0.443 e. The molecule has 11 heteroatoms. The molecular formula is C19H35F2N3O5S. The largest absolute Gasteiger partial charge is 0.443 e. The summed E-state index contributed by atoms with van der Waals surface area (Å²) in [7, 11) is -2.46. The van der Waals surface area contributed by atoms with Crippen LogP contribution in [0.1, 0.15) is 52.9 Å². The second-order valence-electron chi connectivity index (χ2n) is 8.57. The highest BCUT2D eigenvalue weighted by molar-refractivity contribution is 7.87. The van der Waals surface area contributed by atoms with Crippen LogP contribution in [0.3, 0.4) is 0 Å². The first kappa shape index (κ1) is 25.2. The van der Waals surface area contributed by atoms with Gasteiger partial charge in [0.1, 0.15) is 0 Å². The first-order valence-corrected chi connectivity index (χ1v) is 12.1. The van der Waals surface area contributed by atoms with Gasteiger partial charge in [0.05, 0.1) is 18.8 Å². The molecule has 2 N–H and O–H groups in total. The van der Waals surface area contributed by atoms with Crippen molar-refractivity contribution in [3.63, 3.8) is 0 Å². The molecule has 1 heterocycles. The summed E-state index contributed by atoms with van der Waals surface area (Å²) in [6.45, 7) is 5.28. The third-order valence-electron chi connectivity index (χ3n) is 6.17. The van der Waals surface area contributed by atoms with Crippen LogP contribution in [-0.4, -0.2) is 70.3 Å². The zero-order chi connectivity index (χ0) is 22.5. The number of hydrogen-bond acceptors (Lipinski definition) is 5. The molecule has 3 atom stereocenters. The van der Waals surface area contributed by atoms with Crippen LogP contribution in [-0.2, 0) is 19.7 Å². The van der Waals surface area contributed by atoms with Crippen molar-refractivity contribution in [2.45, 2.75) is 83.5 Å². The number of nitrogens with one attached hydrogen (secondary N) is 2. The van der Waals surface area contributed by atoms with Gasteiger partial charge in [0.15, 0.2) is 6.61 Å². The molecule has 176 valence electrons. The van der Waals surface area contributed by atoms with E-state index in [9.17, 15) is 22.0 Å². The van der Waals surface area contributed by atoms with E-state index in [1.165, 1.54) is 11.9 Å². The number of alkyl halides is 2. The second-order valence-corrected chi connectivity index (χ2v) is 10.2. The van der Waals surface area contributed by atoms with Crippen LogP contribution >= 0.6 is 0 Å². The van der Waals surface area contributed by atoms with Crippen LogP contribution in [0.2, 0.25) is 0 Å². The highest BCUT2D eigenvalue weighted by Gasteiger charge is 2.44. The van der Waals surface area contributed by atoms with Crippen LogP contribution in [0.5, 0.6) is 0 Å². The van der Waals surface area contributed by atoms with Gasteiger partial charge in [-0.05, 0) is 50.9 Å². The molecule has 0 aromatic carbocycles. The molecule has 0 aromatic rings. The molecule has 30 heavy (non-hydrogen) atoms. The van der Waals surface area contributed by atoms with E-state index in [0.717, 1.165) is 25.7 Å². The molecule has 2 rings (SSSR count). The zero-order valence-corrected chi connectivity index (χ0v) is 19.0. The number of likely N-dealkylation sites (tertiary alicyclic amines) is 1. The van der Waals surface area contributed by atoms with Gasteiger partial charge in [-0.3, -0.25) is 4.90 Å². The van der Waals surface area contributed by atoms with Gasteiger partial charge >= 0.3 is 6.09 Å². The smallest absolute Gasteiger partial charge is 0.410 e. The highest BCUT2D eigenvalue weighted by atomic mass is 32.2. The Kier molecular flexibility index (Phi) is 9.26. The molecule has 0 radical (unpaired) electrons. The van der Waals surface area contributed by atoms with Crippen LogP contribution in [0.4, 0.5) is 13.6 Å². The van der Waals surface area contributed by atoms with Gasteiger partial charge in [0, 0.05) is 19.1 Å². The van der Waals surface area contributed by atoms with Gasteiger partial charge in [0.25, 0.3) is 16.6 Å². The third-order valence-corrected chi connectivity index (χ3v) is 7.33. The Morgan fingerprint density at radius 3 is 2.37 bits per heavy atom. The average Bonchev–Trinajstić information content (AvgIpc) is 2.98. The molecular weight excluding hydrogens is 420 g/mol. The van der Waals surface area contributed by atoms with Crippen molar-refractivity contribution < 1.29 is 31.5 Å². The lowest BCUT2D eigenvalue weighted by Gasteiger charge is -2.34. The Labute approximate surface area is 178 Å². The number of nitrogens with zero attached hydrogens (tertiary/aromatic N) is 1. The quantitative estimate of drug-likeness (QED) is 0.557. The van der Waals surface area contributed by atoms with Gasteiger partial charge in [0.2, 0.25) is 0 Å². The van der Waals surface area contributed by atoms with Crippen molar-refractivity contribution in [2.75, 3.05) is 20.3 Å². The monoisotopic (exact) mass is 455 g/mol. The van der Waals surface area contributed by atoms with Gasteiger partial charge < -0.3 is 9.47 Å². The van der Waals surface area contributed by atoms with E-state index in [1.807, 2.05) is 0 Å². The van der Waals surface area contributed by atoms with Gasteiger partial charge in [-0.1, -0.05) is 13.8 Å². The second kappa shape index (κ2) is 11.0. The summed E-state index contributed by atoms with van der Waals surface area (Å²) in [5.41, 5.74) is 0. The topological polar surface area (TPSA) is 97.0 Å². The van der Waals surface area contributed by atoms with Crippen molar-refractivity contribution in [3.8, 4) is 0 Å². The molecule has 0 unspecified atom stereocenters. The van der Waals surface area contributed by atoms with E-state index in [1.54, 1.807) is 6.92 Å². The molecule has 8 nitrogen and oxygen atoms in total. The maximum Gasteiger partial charge on any atom is 0.410 e. The predicted molar refractivity (Wildman–Crippen MR) is 108 cm³/mol. The number of carbonyl (C=O) groups is 1. The van der Waals surface area contributed by atoms with Crippen molar-refractivity contribution in [3.05, 3.63) is 0 Å². The maximum absolute atomic E-state index is 12.5. The van der Waals surface area contributed by atoms with Gasteiger partial charge in [-0.25, -0.2) is 18.3 Å². The van der Waals surface area contributed by atoms with E-state index in [0.29, 0.717) is 18.3 Å². The van der Waals surface area contributed by atoms with Gasteiger partial charge in [-0.2, -0.15) is 13.1 Å². The fraction of sp³-hybridized carbons (Fsp3) is 0.947. The van der Waals surface area contributed by atoms with Crippen molar-refractivity contribution in [2.24, 2.45) is 11.8 Å². The SMILES string of the molecule is CNS(=O)(=O)N[C@H]1C[C@@H](C)N(C(=O)OCC(F)F)[C@H]1COC1CCC(C(C)C)CC1. The summed E-state index contributed by atoms with van der Waals surface area (Å²) in [4.78, 5) is 13.8. The summed E-state index contributed by atoms with van der Waals surface area (Å²) < 4.78 is 64.5. The Morgan fingerprint density at radius 2 is 1.83 bits per heavy atom. The van der Waals surface area contributed by atoms with Crippen LogP contribution in [0.15, 0.2) is 0 Å². The fourth-order valence-electron chi connectivity index (χ4n) is 4.42. The summed E-state index contributed by atoms with van der Waals surface area (Å²) in [5.74, 6) is 1.30. The Balaban J connectivity index is 2.05. The van der Waals surface area contributed by atoms with E-state index in [2.05, 4.69) is 23.3 Å². The molecule has 1 aliphatic carbocycles. The highest BCUT2D eigenvalue weighted by Crippen LogP contribution is 2.32. The van der Waals surface area contributed by atoms with Crippen LogP contribution in [0.25, 0.3) is 0 Å². The summed E-state index contributed by atoms with van der Waals surface area (Å²) in [5, 5.41) is 0. The van der Waals surface area contributed by atoms with Crippen molar-refractivity contribution >= 4 is 16.3 Å². The summed E-state index contributed by atoms with van der Waals surface area (Å²) >= 11 is 0. The van der Waals surface area contributed by atoms with E-state index < -0.39 is 41.4 Å². The lowest BCUT2D eigenvalue weighted by Crippen LogP contribution is -2.52. The Bertz CT molecular complexity index is 657. The van der Waals surface area contributed by atoms with E-state index >= 15 is 0 Å². The molecule has 0 spiro atoms. The summed E-state index contributed by atoms with van der Waals surface area (Å²) in [6, 6.07) is -1.63. The van der Waals surface area contributed by atoms with E-state index in [4.69, 9.17) is 9.47 Å².